The van der Waals surface area contributed by atoms with E-state index >= 15 is 0 Å². The van der Waals surface area contributed by atoms with Gasteiger partial charge in [-0.3, -0.25) is 4.79 Å². The molecule has 0 saturated heterocycles. The Labute approximate surface area is 114 Å². The minimum atomic E-state index is -4.41. The standard InChI is InChI=1S/C14H15F3O3/c1-19-13(18)12(9-5-6-9)8-20-11-4-2-3-10(7-11)14(15,16)17/h2-4,7,9,12H,5-6,8H2,1H3. The summed E-state index contributed by atoms with van der Waals surface area (Å²) in [5.41, 5.74) is -0.768. The maximum Gasteiger partial charge on any atom is 0.416 e. The first-order valence-electron chi connectivity index (χ1n) is 6.29. The Morgan fingerprint density at radius 2 is 2.10 bits per heavy atom. The summed E-state index contributed by atoms with van der Waals surface area (Å²) in [6.45, 7) is 0.0403. The molecule has 0 amide bonds. The van der Waals surface area contributed by atoms with Crippen molar-refractivity contribution in [2.75, 3.05) is 13.7 Å². The van der Waals surface area contributed by atoms with Gasteiger partial charge in [-0.1, -0.05) is 6.07 Å². The molecule has 0 bridgehead atoms. The van der Waals surface area contributed by atoms with Crippen molar-refractivity contribution in [3.05, 3.63) is 29.8 Å². The third kappa shape index (κ3) is 3.65. The summed E-state index contributed by atoms with van der Waals surface area (Å²) >= 11 is 0. The highest BCUT2D eigenvalue weighted by molar-refractivity contribution is 5.73. The van der Waals surface area contributed by atoms with Crippen molar-refractivity contribution in [2.45, 2.75) is 19.0 Å². The average molecular weight is 288 g/mol. The van der Waals surface area contributed by atoms with Gasteiger partial charge in [0.15, 0.2) is 0 Å². The quantitative estimate of drug-likeness (QED) is 0.780. The molecule has 1 aliphatic rings. The smallest absolute Gasteiger partial charge is 0.416 e. The highest BCUT2D eigenvalue weighted by Gasteiger charge is 2.37. The van der Waals surface area contributed by atoms with Crippen LogP contribution in [0.25, 0.3) is 0 Å². The zero-order valence-corrected chi connectivity index (χ0v) is 10.9. The fraction of sp³-hybridized carbons (Fsp3) is 0.500. The molecule has 110 valence electrons. The van der Waals surface area contributed by atoms with Gasteiger partial charge in [0.2, 0.25) is 0 Å². The number of methoxy groups -OCH3 is 1. The first-order valence-corrected chi connectivity index (χ1v) is 6.29. The van der Waals surface area contributed by atoms with E-state index in [-0.39, 0.29) is 24.2 Å². The summed E-state index contributed by atoms with van der Waals surface area (Å²) in [4.78, 5) is 11.6. The van der Waals surface area contributed by atoms with Crippen molar-refractivity contribution in [1.82, 2.24) is 0 Å². The Morgan fingerprint density at radius 3 is 2.65 bits per heavy atom. The molecule has 0 aromatic heterocycles. The number of rotatable bonds is 5. The molecule has 2 rings (SSSR count). The van der Waals surface area contributed by atoms with Crippen molar-refractivity contribution in [2.24, 2.45) is 11.8 Å². The van der Waals surface area contributed by atoms with Crippen LogP contribution in [0.3, 0.4) is 0 Å². The third-order valence-electron chi connectivity index (χ3n) is 3.29. The minimum absolute atomic E-state index is 0.0403. The van der Waals surface area contributed by atoms with Gasteiger partial charge in [0, 0.05) is 0 Å². The van der Waals surface area contributed by atoms with Gasteiger partial charge in [0.25, 0.3) is 0 Å². The molecule has 1 aromatic rings. The van der Waals surface area contributed by atoms with Crippen LogP contribution in [-0.4, -0.2) is 19.7 Å². The largest absolute Gasteiger partial charge is 0.493 e. The summed E-state index contributed by atoms with van der Waals surface area (Å²) in [5.74, 6) is -0.461. The molecule has 3 nitrogen and oxygen atoms in total. The molecule has 1 unspecified atom stereocenters. The van der Waals surface area contributed by atoms with Crippen molar-refractivity contribution in [3.63, 3.8) is 0 Å². The topological polar surface area (TPSA) is 35.5 Å². The second-order valence-corrected chi connectivity index (χ2v) is 4.80. The molecule has 1 atom stereocenters. The summed E-state index contributed by atoms with van der Waals surface area (Å²) < 4.78 is 47.7. The average Bonchev–Trinajstić information content (AvgIpc) is 3.22. The second-order valence-electron chi connectivity index (χ2n) is 4.80. The monoisotopic (exact) mass is 288 g/mol. The van der Waals surface area contributed by atoms with Crippen LogP contribution in [-0.2, 0) is 15.7 Å². The van der Waals surface area contributed by atoms with Gasteiger partial charge in [-0.25, -0.2) is 0 Å². The van der Waals surface area contributed by atoms with E-state index in [2.05, 4.69) is 4.74 Å². The highest BCUT2D eigenvalue weighted by Crippen LogP contribution is 2.38. The molecular weight excluding hydrogens is 273 g/mol. The lowest BCUT2D eigenvalue weighted by molar-refractivity contribution is -0.147. The molecule has 0 heterocycles. The molecule has 0 radical (unpaired) electrons. The highest BCUT2D eigenvalue weighted by atomic mass is 19.4. The number of benzene rings is 1. The number of esters is 1. The maximum atomic E-state index is 12.6. The minimum Gasteiger partial charge on any atom is -0.493 e. The van der Waals surface area contributed by atoms with E-state index in [9.17, 15) is 18.0 Å². The van der Waals surface area contributed by atoms with Crippen LogP contribution in [0.2, 0.25) is 0 Å². The number of hydrogen-bond donors (Lipinski definition) is 0. The van der Waals surface area contributed by atoms with Crippen molar-refractivity contribution in [3.8, 4) is 5.75 Å². The van der Waals surface area contributed by atoms with Gasteiger partial charge in [0.05, 0.1) is 18.6 Å². The SMILES string of the molecule is COC(=O)C(COc1cccc(C(F)(F)F)c1)C1CC1. The first-order chi connectivity index (χ1) is 9.41. The number of alkyl halides is 3. The van der Waals surface area contributed by atoms with E-state index in [1.807, 2.05) is 0 Å². The van der Waals surface area contributed by atoms with Gasteiger partial charge in [-0.05, 0) is 37.0 Å². The Morgan fingerprint density at radius 1 is 1.40 bits per heavy atom. The molecule has 6 heteroatoms. The van der Waals surface area contributed by atoms with E-state index in [1.54, 1.807) is 0 Å². The van der Waals surface area contributed by atoms with Crippen molar-refractivity contribution < 1.29 is 27.4 Å². The summed E-state index contributed by atoms with van der Waals surface area (Å²) in [7, 11) is 1.29. The Bertz CT molecular complexity index is 481. The molecule has 1 aliphatic carbocycles. The van der Waals surface area contributed by atoms with E-state index < -0.39 is 17.7 Å². The molecule has 20 heavy (non-hydrogen) atoms. The fourth-order valence-corrected chi connectivity index (χ4v) is 1.99. The molecule has 0 N–H and O–H groups in total. The lowest BCUT2D eigenvalue weighted by atomic mass is 10.1. The van der Waals surface area contributed by atoms with Crippen LogP contribution in [0, 0.1) is 11.8 Å². The molecule has 0 aliphatic heterocycles. The van der Waals surface area contributed by atoms with Crippen molar-refractivity contribution in [1.29, 1.82) is 0 Å². The number of hydrogen-bond acceptors (Lipinski definition) is 3. The number of carbonyl (C=O) groups excluding carboxylic acids is 1. The van der Waals surface area contributed by atoms with Gasteiger partial charge in [0.1, 0.15) is 12.4 Å². The second kappa shape index (κ2) is 5.73. The zero-order chi connectivity index (χ0) is 14.8. The molecular formula is C14H15F3O3. The van der Waals surface area contributed by atoms with Gasteiger partial charge < -0.3 is 9.47 Å². The maximum absolute atomic E-state index is 12.6. The molecule has 1 saturated carbocycles. The van der Waals surface area contributed by atoms with Gasteiger partial charge in [-0.15, -0.1) is 0 Å². The summed E-state index contributed by atoms with van der Waals surface area (Å²) in [6.07, 6.45) is -2.56. The normalized spacial score (nSPS) is 16.6. The summed E-state index contributed by atoms with van der Waals surface area (Å²) in [5, 5.41) is 0. The Hall–Kier alpha value is -1.72. The Kier molecular flexibility index (Phi) is 4.20. The van der Waals surface area contributed by atoms with Crippen molar-refractivity contribution >= 4 is 5.97 Å². The van der Waals surface area contributed by atoms with E-state index in [0.717, 1.165) is 25.0 Å². The fourth-order valence-electron chi connectivity index (χ4n) is 1.99. The summed E-state index contributed by atoms with van der Waals surface area (Å²) in [6, 6.07) is 4.63. The van der Waals surface area contributed by atoms with E-state index in [0.29, 0.717) is 0 Å². The van der Waals surface area contributed by atoms with Gasteiger partial charge in [-0.2, -0.15) is 13.2 Å². The van der Waals surface area contributed by atoms with E-state index in [4.69, 9.17) is 4.74 Å². The number of ether oxygens (including phenoxy) is 2. The Balaban J connectivity index is 2.01. The number of carbonyl (C=O) groups is 1. The molecule has 1 aromatic carbocycles. The lowest BCUT2D eigenvalue weighted by Crippen LogP contribution is -2.25. The van der Waals surface area contributed by atoms with Crippen LogP contribution >= 0.6 is 0 Å². The van der Waals surface area contributed by atoms with E-state index in [1.165, 1.54) is 19.2 Å². The lowest BCUT2D eigenvalue weighted by Gasteiger charge is -2.15. The predicted octanol–water partition coefficient (Wildman–Crippen LogP) is 3.28. The molecule has 0 spiro atoms. The zero-order valence-electron chi connectivity index (χ0n) is 10.9. The first kappa shape index (κ1) is 14.7. The third-order valence-corrected chi connectivity index (χ3v) is 3.29. The number of halogens is 3. The van der Waals surface area contributed by atoms with Crippen LogP contribution in [0.15, 0.2) is 24.3 Å². The van der Waals surface area contributed by atoms with Crippen LogP contribution in [0.5, 0.6) is 5.75 Å². The predicted molar refractivity (Wildman–Crippen MR) is 65.2 cm³/mol. The van der Waals surface area contributed by atoms with Crippen LogP contribution in [0.4, 0.5) is 13.2 Å². The van der Waals surface area contributed by atoms with Gasteiger partial charge >= 0.3 is 12.1 Å². The molecule has 1 fully saturated rings. The van der Waals surface area contributed by atoms with Crippen LogP contribution < -0.4 is 4.74 Å². The van der Waals surface area contributed by atoms with Crippen LogP contribution in [0.1, 0.15) is 18.4 Å².